The minimum absolute atomic E-state index is 0.683. The lowest BCUT2D eigenvalue weighted by Crippen LogP contribution is -2.26. The maximum atomic E-state index is 12.0. The van der Waals surface area contributed by atoms with E-state index in [0.29, 0.717) is 25.3 Å². The van der Waals surface area contributed by atoms with E-state index in [9.17, 15) is 5.21 Å². The summed E-state index contributed by atoms with van der Waals surface area (Å²) in [5, 5.41) is 13.0. The molecule has 2 aromatic heterocycles. The predicted octanol–water partition coefficient (Wildman–Crippen LogP) is 4.25. The molecule has 0 atom stereocenters. The Hall–Kier alpha value is -2.96. The van der Waals surface area contributed by atoms with E-state index >= 15 is 0 Å². The lowest BCUT2D eigenvalue weighted by atomic mass is 10.2. The van der Waals surface area contributed by atoms with Crippen molar-refractivity contribution in [1.82, 2.24) is 9.55 Å². The molecule has 0 saturated heterocycles. The third-order valence-electron chi connectivity index (χ3n) is 4.79. The zero-order chi connectivity index (χ0) is 21.3. The molecular formula is C24H29N3O3. The van der Waals surface area contributed by atoms with Gasteiger partial charge in [-0.25, -0.2) is 4.98 Å². The average Bonchev–Trinajstić information content (AvgIpc) is 2.97. The van der Waals surface area contributed by atoms with Crippen LogP contribution >= 0.6 is 0 Å². The summed E-state index contributed by atoms with van der Waals surface area (Å²) in [5.74, 6) is 1.00. The van der Waals surface area contributed by atoms with E-state index in [-0.39, 0.29) is 0 Å². The molecule has 0 unspecified atom stereocenters. The van der Waals surface area contributed by atoms with Crippen LogP contribution in [-0.4, -0.2) is 29.9 Å². The van der Waals surface area contributed by atoms with Crippen molar-refractivity contribution in [2.24, 2.45) is 0 Å². The van der Waals surface area contributed by atoms with Crippen LogP contribution in [0.4, 0.5) is 0 Å². The molecule has 0 bridgehead atoms. The van der Waals surface area contributed by atoms with Crippen molar-refractivity contribution < 1.29 is 14.2 Å². The lowest BCUT2D eigenvalue weighted by molar-refractivity contribution is -0.575. The molecular weight excluding hydrogens is 378 g/mol. The number of nitrogens with zero attached hydrogens (tertiary/aromatic N) is 3. The number of methoxy groups -OCH3 is 1. The summed E-state index contributed by atoms with van der Waals surface area (Å²) in [7, 11) is 1.70. The Kier molecular flexibility index (Phi) is 7.76. The van der Waals surface area contributed by atoms with Crippen LogP contribution in [0.1, 0.15) is 25.2 Å². The largest absolute Gasteiger partial charge is 0.618 e. The third kappa shape index (κ3) is 4.78. The van der Waals surface area contributed by atoms with E-state index < -0.39 is 0 Å². The van der Waals surface area contributed by atoms with Crippen LogP contribution in [-0.2, 0) is 29.0 Å². The van der Waals surface area contributed by atoms with Crippen LogP contribution in [0, 0.1) is 5.21 Å². The van der Waals surface area contributed by atoms with Crippen LogP contribution in [0.5, 0.6) is 0 Å². The smallest absolute Gasteiger partial charge is 0.226 e. The molecule has 30 heavy (non-hydrogen) atoms. The van der Waals surface area contributed by atoms with Crippen molar-refractivity contribution in [2.75, 3.05) is 20.3 Å². The number of hydrogen-bond acceptors (Lipinski definition) is 4. The molecule has 1 aliphatic rings. The molecule has 3 heterocycles. The highest BCUT2D eigenvalue weighted by Gasteiger charge is 2.19. The number of imidazole rings is 1. The van der Waals surface area contributed by atoms with Gasteiger partial charge in [-0.3, -0.25) is 0 Å². The molecule has 0 radical (unpaired) electrons. The van der Waals surface area contributed by atoms with Gasteiger partial charge in [-0.2, -0.15) is 4.73 Å². The average molecular weight is 408 g/mol. The van der Waals surface area contributed by atoms with Crippen molar-refractivity contribution in [1.29, 1.82) is 0 Å². The molecule has 1 aliphatic heterocycles. The number of benzene rings is 2. The topological polar surface area (TPSA) is 63.2 Å². The van der Waals surface area contributed by atoms with Crippen molar-refractivity contribution in [3.05, 3.63) is 77.4 Å². The first-order valence-corrected chi connectivity index (χ1v) is 10.4. The molecule has 5 rings (SSSR count). The SMILES string of the molecule is CC.COCc1ccccc1.[O-][n+]1cc2nc3n(c2c2ccccc21)CCOCC3. The maximum absolute atomic E-state index is 12.0. The van der Waals surface area contributed by atoms with E-state index in [2.05, 4.69) is 9.55 Å². The molecule has 0 N–H and O–H groups in total. The fraction of sp³-hybridized carbons (Fsp3) is 0.333. The van der Waals surface area contributed by atoms with Gasteiger partial charge in [0.1, 0.15) is 5.82 Å². The highest BCUT2D eigenvalue weighted by Crippen LogP contribution is 2.24. The van der Waals surface area contributed by atoms with E-state index in [1.807, 2.05) is 68.4 Å². The number of ether oxygens (including phenoxy) is 2. The Balaban J connectivity index is 0.000000197. The van der Waals surface area contributed by atoms with Crippen LogP contribution in [0.25, 0.3) is 21.9 Å². The van der Waals surface area contributed by atoms with Crippen molar-refractivity contribution >= 4 is 21.9 Å². The van der Waals surface area contributed by atoms with Gasteiger partial charge in [0.2, 0.25) is 11.7 Å². The molecule has 6 heteroatoms. The number of pyridine rings is 1. The first-order chi connectivity index (χ1) is 14.8. The molecule has 0 fully saturated rings. The molecule has 158 valence electrons. The Morgan fingerprint density at radius 1 is 1.07 bits per heavy atom. The fourth-order valence-corrected chi connectivity index (χ4v) is 3.53. The summed E-state index contributed by atoms with van der Waals surface area (Å²) in [6.07, 6.45) is 2.36. The molecule has 0 spiro atoms. The Bertz CT molecular complexity index is 1080. The van der Waals surface area contributed by atoms with Gasteiger partial charge in [-0.1, -0.05) is 56.3 Å². The van der Waals surface area contributed by atoms with Crippen molar-refractivity contribution in [3.8, 4) is 0 Å². The fourth-order valence-electron chi connectivity index (χ4n) is 3.53. The number of aromatic nitrogens is 3. The first kappa shape index (κ1) is 21.7. The number of para-hydroxylation sites is 1. The van der Waals surface area contributed by atoms with Crippen LogP contribution in [0.2, 0.25) is 0 Å². The maximum Gasteiger partial charge on any atom is 0.226 e. The van der Waals surface area contributed by atoms with Crippen LogP contribution in [0.15, 0.2) is 60.8 Å². The Labute approximate surface area is 177 Å². The van der Waals surface area contributed by atoms with Gasteiger partial charge in [0.25, 0.3) is 0 Å². The summed E-state index contributed by atoms with van der Waals surface area (Å²) in [6, 6.07) is 17.8. The summed E-state index contributed by atoms with van der Waals surface area (Å²) >= 11 is 0. The van der Waals surface area contributed by atoms with E-state index in [1.54, 1.807) is 13.3 Å². The van der Waals surface area contributed by atoms with Gasteiger partial charge in [-0.05, 0) is 11.6 Å². The van der Waals surface area contributed by atoms with Crippen molar-refractivity contribution in [2.45, 2.75) is 33.4 Å². The second-order valence-electron chi connectivity index (χ2n) is 6.67. The standard InChI is InChI=1S/C14H13N3O2.C8H10O.C2H6/c18-17-9-11-14(10-3-1-2-4-12(10)17)16-6-8-19-7-5-13(16)15-11;1-9-7-8-5-3-2-4-6-8;1-2/h1-4,9H,5-8H2;2-6H,7H2,1H3;1-2H3. The second kappa shape index (κ2) is 10.7. The Morgan fingerprint density at radius 2 is 1.80 bits per heavy atom. The molecule has 0 saturated carbocycles. The van der Waals surface area contributed by atoms with Crippen LogP contribution in [0.3, 0.4) is 0 Å². The number of rotatable bonds is 2. The molecule has 2 aromatic carbocycles. The summed E-state index contributed by atoms with van der Waals surface area (Å²) in [4.78, 5) is 4.59. The molecule has 6 nitrogen and oxygen atoms in total. The van der Waals surface area contributed by atoms with E-state index in [1.165, 1.54) is 5.56 Å². The van der Waals surface area contributed by atoms with Gasteiger partial charge in [0.05, 0.1) is 30.7 Å². The van der Waals surface area contributed by atoms with E-state index in [0.717, 1.165) is 39.9 Å². The highest BCUT2D eigenvalue weighted by molar-refractivity contribution is 6.00. The van der Waals surface area contributed by atoms with E-state index in [4.69, 9.17) is 9.47 Å². The lowest BCUT2D eigenvalue weighted by Gasteiger charge is -2.06. The van der Waals surface area contributed by atoms with Gasteiger partial charge in [0.15, 0.2) is 5.52 Å². The normalized spacial score (nSPS) is 12.9. The monoisotopic (exact) mass is 407 g/mol. The summed E-state index contributed by atoms with van der Waals surface area (Å²) in [5.41, 5.74) is 3.72. The summed E-state index contributed by atoms with van der Waals surface area (Å²) in [6.45, 7) is 6.89. The zero-order valence-electron chi connectivity index (χ0n) is 17.9. The predicted molar refractivity (Wildman–Crippen MR) is 119 cm³/mol. The highest BCUT2D eigenvalue weighted by atomic mass is 16.5. The second-order valence-corrected chi connectivity index (χ2v) is 6.67. The van der Waals surface area contributed by atoms with Crippen LogP contribution < -0.4 is 4.73 Å². The first-order valence-electron chi connectivity index (χ1n) is 10.4. The van der Waals surface area contributed by atoms with Gasteiger partial charge in [0, 0.05) is 26.1 Å². The Morgan fingerprint density at radius 3 is 2.57 bits per heavy atom. The van der Waals surface area contributed by atoms with Crippen molar-refractivity contribution in [3.63, 3.8) is 0 Å². The number of fused-ring (bicyclic) bond motifs is 5. The van der Waals surface area contributed by atoms with Gasteiger partial charge in [-0.15, -0.1) is 0 Å². The summed E-state index contributed by atoms with van der Waals surface area (Å²) < 4.78 is 13.5. The molecule has 0 amide bonds. The quantitative estimate of drug-likeness (QED) is 0.368. The molecule has 4 aromatic rings. The van der Waals surface area contributed by atoms with Gasteiger partial charge < -0.3 is 19.2 Å². The third-order valence-corrected chi connectivity index (χ3v) is 4.79. The minimum Gasteiger partial charge on any atom is -0.618 e. The number of hydrogen-bond donors (Lipinski definition) is 0. The minimum atomic E-state index is 0.683. The zero-order valence-corrected chi connectivity index (χ0v) is 17.9. The molecule has 0 aliphatic carbocycles. The van der Waals surface area contributed by atoms with Gasteiger partial charge >= 0.3 is 0 Å².